The molecule has 0 spiro atoms. The number of nitrogens with zero attached hydrogens (tertiary/aromatic N) is 2. The highest BCUT2D eigenvalue weighted by Crippen LogP contribution is 2.30. The number of benzene rings is 1. The van der Waals surface area contributed by atoms with E-state index in [1.807, 2.05) is 4.90 Å². The third-order valence-electron chi connectivity index (χ3n) is 5.66. The van der Waals surface area contributed by atoms with Crippen molar-refractivity contribution in [3.63, 3.8) is 0 Å². The Morgan fingerprint density at radius 3 is 2.74 bits per heavy atom. The normalized spacial score (nSPS) is 24.0. The first-order chi connectivity index (χ1) is 13.1. The summed E-state index contributed by atoms with van der Waals surface area (Å²) in [6, 6.07) is 5.19. The van der Waals surface area contributed by atoms with Crippen molar-refractivity contribution in [1.82, 2.24) is 9.80 Å². The van der Waals surface area contributed by atoms with Crippen LogP contribution in [0.5, 0.6) is 11.5 Å². The molecule has 2 aliphatic heterocycles. The van der Waals surface area contributed by atoms with Gasteiger partial charge in [-0.3, -0.25) is 9.69 Å². The zero-order valence-corrected chi connectivity index (χ0v) is 16.0. The number of likely N-dealkylation sites (tertiary alicyclic amines) is 1. The van der Waals surface area contributed by atoms with E-state index in [4.69, 9.17) is 9.47 Å². The van der Waals surface area contributed by atoms with Gasteiger partial charge < -0.3 is 24.6 Å². The van der Waals surface area contributed by atoms with E-state index in [1.165, 1.54) is 13.2 Å². The van der Waals surface area contributed by atoms with Crippen LogP contribution in [0.2, 0.25) is 0 Å². The quantitative estimate of drug-likeness (QED) is 0.777. The summed E-state index contributed by atoms with van der Waals surface area (Å²) < 4.78 is 10.6. The number of carbonyl (C=O) groups is 1. The van der Waals surface area contributed by atoms with Crippen LogP contribution in [0.25, 0.3) is 0 Å². The Bertz CT molecular complexity index is 633. The predicted octanol–water partition coefficient (Wildman–Crippen LogP) is 1.34. The van der Waals surface area contributed by atoms with Gasteiger partial charge >= 0.3 is 0 Å². The number of ether oxygens (including phenoxy) is 2. The molecule has 7 nitrogen and oxygen atoms in total. The van der Waals surface area contributed by atoms with Crippen molar-refractivity contribution in [2.45, 2.75) is 25.3 Å². The molecule has 0 unspecified atom stereocenters. The lowest BCUT2D eigenvalue weighted by molar-refractivity contribution is -0.0197. The molecule has 2 atom stereocenters. The Balaban J connectivity index is 1.71. The summed E-state index contributed by atoms with van der Waals surface area (Å²) >= 11 is 0. The Labute approximate surface area is 160 Å². The van der Waals surface area contributed by atoms with Crippen molar-refractivity contribution in [3.8, 4) is 11.5 Å². The molecule has 2 saturated heterocycles. The van der Waals surface area contributed by atoms with E-state index in [9.17, 15) is 15.0 Å². The van der Waals surface area contributed by atoms with Gasteiger partial charge in [-0.2, -0.15) is 0 Å². The summed E-state index contributed by atoms with van der Waals surface area (Å²) in [6.07, 6.45) is 2.52. The van der Waals surface area contributed by atoms with Gasteiger partial charge in [-0.15, -0.1) is 0 Å². The van der Waals surface area contributed by atoms with Crippen LogP contribution >= 0.6 is 0 Å². The average molecular weight is 378 g/mol. The molecule has 0 aromatic heterocycles. The molecular formula is C20H30N2O5. The van der Waals surface area contributed by atoms with Gasteiger partial charge in [0.05, 0.1) is 25.9 Å². The van der Waals surface area contributed by atoms with Gasteiger partial charge in [-0.1, -0.05) is 0 Å². The van der Waals surface area contributed by atoms with E-state index in [1.54, 1.807) is 12.1 Å². The number of amides is 1. The van der Waals surface area contributed by atoms with Crippen LogP contribution in [0, 0.1) is 5.92 Å². The van der Waals surface area contributed by atoms with E-state index >= 15 is 0 Å². The van der Waals surface area contributed by atoms with E-state index in [0.717, 1.165) is 45.6 Å². The van der Waals surface area contributed by atoms with Gasteiger partial charge in [0, 0.05) is 44.9 Å². The molecule has 2 N–H and O–H groups in total. The maximum absolute atomic E-state index is 13.0. The summed E-state index contributed by atoms with van der Waals surface area (Å²) in [7, 11) is 1.53. The molecule has 27 heavy (non-hydrogen) atoms. The molecule has 1 aromatic rings. The number of methoxy groups -OCH3 is 1. The van der Waals surface area contributed by atoms with Crippen LogP contribution in [-0.4, -0.2) is 85.1 Å². The highest BCUT2D eigenvalue weighted by molar-refractivity contribution is 5.97. The van der Waals surface area contributed by atoms with Crippen LogP contribution < -0.4 is 4.74 Å². The Morgan fingerprint density at radius 1 is 1.30 bits per heavy atom. The lowest BCUT2D eigenvalue weighted by Gasteiger charge is -2.45. The summed E-state index contributed by atoms with van der Waals surface area (Å²) in [5.41, 5.74) is 0.307. The molecular weight excluding hydrogens is 348 g/mol. The van der Waals surface area contributed by atoms with E-state index in [2.05, 4.69) is 4.90 Å². The number of rotatable bonds is 6. The minimum absolute atomic E-state index is 0.0541. The maximum atomic E-state index is 13.0. The average Bonchev–Trinajstić information content (AvgIpc) is 2.72. The number of phenolic OH excluding ortho intramolecular Hbond substituents is 1. The second-order valence-electron chi connectivity index (χ2n) is 7.26. The number of piperidine rings is 1. The van der Waals surface area contributed by atoms with E-state index in [0.29, 0.717) is 36.4 Å². The lowest BCUT2D eigenvalue weighted by atomic mass is 9.86. The van der Waals surface area contributed by atoms with Gasteiger partial charge in [-0.05, 0) is 37.3 Å². The minimum atomic E-state index is -0.149. The molecule has 1 amide bonds. The number of phenols is 1. The molecule has 3 rings (SSSR count). The topological polar surface area (TPSA) is 82.5 Å². The monoisotopic (exact) mass is 378 g/mol. The fourth-order valence-electron chi connectivity index (χ4n) is 4.22. The number of aromatic hydroxyl groups is 1. The summed E-state index contributed by atoms with van der Waals surface area (Å²) in [5, 5.41) is 19.5. The van der Waals surface area contributed by atoms with Crippen molar-refractivity contribution >= 4 is 5.91 Å². The number of hydrogen-bond acceptors (Lipinski definition) is 6. The van der Waals surface area contributed by atoms with Gasteiger partial charge in [-0.25, -0.2) is 0 Å². The van der Waals surface area contributed by atoms with Crippen LogP contribution in [0.4, 0.5) is 0 Å². The van der Waals surface area contributed by atoms with Crippen LogP contribution in [0.15, 0.2) is 18.2 Å². The highest BCUT2D eigenvalue weighted by Gasteiger charge is 2.35. The molecule has 150 valence electrons. The first kappa shape index (κ1) is 19.9. The smallest absolute Gasteiger partial charge is 0.257 e. The van der Waals surface area contributed by atoms with Crippen LogP contribution in [-0.2, 0) is 4.74 Å². The first-order valence-electron chi connectivity index (χ1n) is 9.73. The van der Waals surface area contributed by atoms with Gasteiger partial charge in [0.25, 0.3) is 5.91 Å². The zero-order chi connectivity index (χ0) is 19.2. The maximum Gasteiger partial charge on any atom is 0.257 e. The van der Waals surface area contributed by atoms with Crippen LogP contribution in [0.3, 0.4) is 0 Å². The molecule has 1 aromatic carbocycles. The van der Waals surface area contributed by atoms with Gasteiger partial charge in [0.15, 0.2) is 0 Å². The second-order valence-corrected chi connectivity index (χ2v) is 7.26. The Morgan fingerprint density at radius 2 is 2.07 bits per heavy atom. The summed E-state index contributed by atoms with van der Waals surface area (Å²) in [6.45, 7) is 4.84. The fraction of sp³-hybridized carbons (Fsp3) is 0.650. The van der Waals surface area contributed by atoms with Crippen molar-refractivity contribution in [1.29, 1.82) is 0 Å². The third kappa shape index (κ3) is 4.72. The van der Waals surface area contributed by atoms with Crippen molar-refractivity contribution in [3.05, 3.63) is 23.8 Å². The number of aliphatic hydroxyl groups is 1. The molecule has 7 heteroatoms. The SMILES string of the molecule is COc1ccc(C(=O)N2CC[C@H](N3CCOCC3)[C@H](CCCO)C2)c(O)c1. The molecule has 2 fully saturated rings. The fourth-order valence-corrected chi connectivity index (χ4v) is 4.22. The van der Waals surface area contributed by atoms with E-state index < -0.39 is 0 Å². The van der Waals surface area contributed by atoms with Crippen molar-refractivity contribution in [2.24, 2.45) is 5.92 Å². The molecule has 0 bridgehead atoms. The molecule has 0 saturated carbocycles. The largest absolute Gasteiger partial charge is 0.507 e. The second kappa shape index (κ2) is 9.39. The minimum Gasteiger partial charge on any atom is -0.507 e. The summed E-state index contributed by atoms with van der Waals surface area (Å²) in [4.78, 5) is 17.3. The van der Waals surface area contributed by atoms with Crippen molar-refractivity contribution < 1.29 is 24.5 Å². The van der Waals surface area contributed by atoms with Gasteiger partial charge in [0.2, 0.25) is 0 Å². The standard InChI is InChI=1S/C20H30N2O5/c1-26-16-4-5-17(19(24)13-16)20(25)22-7-6-18(15(14-22)3-2-10-23)21-8-11-27-12-9-21/h4-5,13,15,18,23-24H,2-3,6-12,14H2,1H3/t15-,18+/m1/s1. The molecule has 2 heterocycles. The number of carbonyl (C=O) groups excluding carboxylic acids is 1. The number of hydrogen-bond donors (Lipinski definition) is 2. The Kier molecular flexibility index (Phi) is 6.93. The van der Waals surface area contributed by atoms with Crippen LogP contribution in [0.1, 0.15) is 29.6 Å². The predicted molar refractivity (Wildman–Crippen MR) is 101 cm³/mol. The molecule has 0 radical (unpaired) electrons. The van der Waals surface area contributed by atoms with E-state index in [-0.39, 0.29) is 18.3 Å². The first-order valence-corrected chi connectivity index (χ1v) is 9.73. The third-order valence-corrected chi connectivity index (χ3v) is 5.66. The van der Waals surface area contributed by atoms with Crippen molar-refractivity contribution in [2.75, 3.05) is 53.1 Å². The van der Waals surface area contributed by atoms with Gasteiger partial charge in [0.1, 0.15) is 11.5 Å². The summed E-state index contributed by atoms with van der Waals surface area (Å²) in [5.74, 6) is 0.635. The molecule has 2 aliphatic rings. The highest BCUT2D eigenvalue weighted by atomic mass is 16.5. The number of morpholine rings is 1. The lowest BCUT2D eigenvalue weighted by Crippen LogP contribution is -2.55. The number of aliphatic hydroxyl groups excluding tert-OH is 1. The Hall–Kier alpha value is -1.83. The zero-order valence-electron chi connectivity index (χ0n) is 16.0. The molecule has 0 aliphatic carbocycles.